The summed E-state index contributed by atoms with van der Waals surface area (Å²) in [4.78, 5) is 2.33. The maximum atomic E-state index is 12.7. The number of rotatable bonds is 1. The van der Waals surface area contributed by atoms with Crippen LogP contribution in [0.25, 0.3) is 10.9 Å². The van der Waals surface area contributed by atoms with Gasteiger partial charge in [0.25, 0.3) is 0 Å². The van der Waals surface area contributed by atoms with Gasteiger partial charge in [0, 0.05) is 10.9 Å². The molecule has 0 saturated carbocycles. The van der Waals surface area contributed by atoms with Crippen LogP contribution in [0, 0.1) is 6.92 Å². The summed E-state index contributed by atoms with van der Waals surface area (Å²) in [6, 6.07) is 2.93. The Bertz CT molecular complexity index is 574. The summed E-state index contributed by atoms with van der Waals surface area (Å²) in [5.41, 5.74) is -0.264. The molecular formula is C11H9ClF3NO. The van der Waals surface area contributed by atoms with Crippen molar-refractivity contribution in [2.45, 2.75) is 13.1 Å². The molecule has 0 aliphatic carbocycles. The molecule has 6 heteroatoms. The summed E-state index contributed by atoms with van der Waals surface area (Å²) in [6.07, 6.45) is -4.40. The summed E-state index contributed by atoms with van der Waals surface area (Å²) < 4.78 is 43.0. The van der Waals surface area contributed by atoms with E-state index in [2.05, 4.69) is 4.98 Å². The zero-order chi connectivity index (χ0) is 12.8. The number of hydrogen-bond donors (Lipinski definition) is 1. The van der Waals surface area contributed by atoms with Gasteiger partial charge in [0.1, 0.15) is 11.4 Å². The van der Waals surface area contributed by atoms with Gasteiger partial charge in [-0.05, 0) is 24.6 Å². The van der Waals surface area contributed by atoms with Crippen LogP contribution in [0.3, 0.4) is 0 Å². The molecule has 0 radical (unpaired) electrons. The number of halogens is 4. The van der Waals surface area contributed by atoms with Gasteiger partial charge in [-0.1, -0.05) is 11.6 Å². The van der Waals surface area contributed by atoms with Crippen molar-refractivity contribution in [3.63, 3.8) is 0 Å². The smallest absolute Gasteiger partial charge is 0.431 e. The van der Waals surface area contributed by atoms with Gasteiger partial charge in [-0.25, -0.2) is 0 Å². The predicted octanol–water partition coefficient (Wildman–Crippen LogP) is 4.16. The molecule has 17 heavy (non-hydrogen) atoms. The van der Waals surface area contributed by atoms with Gasteiger partial charge >= 0.3 is 6.18 Å². The predicted molar refractivity (Wildman–Crippen MR) is 59.6 cm³/mol. The molecule has 0 amide bonds. The first-order valence-electron chi connectivity index (χ1n) is 4.77. The molecule has 1 aromatic carbocycles. The lowest BCUT2D eigenvalue weighted by Crippen LogP contribution is -2.06. The Morgan fingerprint density at radius 2 is 1.94 bits per heavy atom. The highest BCUT2D eigenvalue weighted by Crippen LogP contribution is 2.38. The van der Waals surface area contributed by atoms with Crippen LogP contribution in [0.15, 0.2) is 12.1 Å². The molecule has 0 fully saturated rings. The fourth-order valence-corrected chi connectivity index (χ4v) is 2.01. The van der Waals surface area contributed by atoms with E-state index in [-0.39, 0.29) is 10.6 Å². The minimum absolute atomic E-state index is 0.141. The van der Waals surface area contributed by atoms with Crippen LogP contribution < -0.4 is 4.74 Å². The number of aromatic nitrogens is 1. The highest BCUT2D eigenvalue weighted by Gasteiger charge is 2.35. The summed E-state index contributed by atoms with van der Waals surface area (Å²) >= 11 is 5.85. The monoisotopic (exact) mass is 263 g/mol. The van der Waals surface area contributed by atoms with Crippen molar-refractivity contribution in [3.05, 3.63) is 28.4 Å². The molecule has 2 nitrogen and oxygen atoms in total. The maximum Gasteiger partial charge on any atom is 0.431 e. The second-order valence-electron chi connectivity index (χ2n) is 3.66. The standard InChI is InChI=1S/C11H9ClF3NO/c1-5-6-3-9(17-2)7(12)4-8(6)16-10(5)11(13,14)15/h3-4,16H,1-2H3. The lowest BCUT2D eigenvalue weighted by Gasteiger charge is -2.04. The van der Waals surface area contributed by atoms with E-state index in [0.29, 0.717) is 16.7 Å². The van der Waals surface area contributed by atoms with Crippen LogP contribution in [0.1, 0.15) is 11.3 Å². The van der Waals surface area contributed by atoms with Crippen LogP contribution in [0.2, 0.25) is 5.02 Å². The Balaban J connectivity index is 2.75. The zero-order valence-corrected chi connectivity index (χ0v) is 9.83. The molecule has 1 N–H and O–H groups in total. The number of fused-ring (bicyclic) bond motifs is 1. The maximum absolute atomic E-state index is 12.7. The van der Waals surface area contributed by atoms with Crippen molar-refractivity contribution in [2.24, 2.45) is 0 Å². The van der Waals surface area contributed by atoms with E-state index in [9.17, 15) is 13.2 Å². The number of hydrogen-bond acceptors (Lipinski definition) is 1. The lowest BCUT2D eigenvalue weighted by atomic mass is 10.1. The van der Waals surface area contributed by atoms with E-state index in [4.69, 9.17) is 16.3 Å². The van der Waals surface area contributed by atoms with E-state index < -0.39 is 11.9 Å². The van der Waals surface area contributed by atoms with E-state index >= 15 is 0 Å². The Hall–Kier alpha value is -1.36. The number of ether oxygens (including phenoxy) is 1. The molecule has 0 bridgehead atoms. The highest BCUT2D eigenvalue weighted by molar-refractivity contribution is 6.32. The number of nitrogens with one attached hydrogen (secondary N) is 1. The molecule has 0 unspecified atom stereocenters. The van der Waals surface area contributed by atoms with E-state index in [1.807, 2.05) is 0 Å². The fourth-order valence-electron chi connectivity index (χ4n) is 1.77. The second-order valence-corrected chi connectivity index (χ2v) is 4.06. The molecular weight excluding hydrogens is 255 g/mol. The van der Waals surface area contributed by atoms with Gasteiger partial charge in [0.15, 0.2) is 0 Å². The Labute approximate surface area is 100 Å². The molecule has 0 aliphatic rings. The number of aryl methyl sites for hydroxylation is 1. The summed E-state index contributed by atoms with van der Waals surface area (Å²) in [5, 5.41) is 0.730. The van der Waals surface area contributed by atoms with Crippen LogP contribution in [0.5, 0.6) is 5.75 Å². The van der Waals surface area contributed by atoms with Crippen molar-refractivity contribution >= 4 is 22.5 Å². The minimum Gasteiger partial charge on any atom is -0.495 e. The lowest BCUT2D eigenvalue weighted by molar-refractivity contribution is -0.141. The van der Waals surface area contributed by atoms with E-state index in [1.54, 1.807) is 0 Å². The second kappa shape index (κ2) is 3.84. The minimum atomic E-state index is -4.40. The number of benzene rings is 1. The third-order valence-corrected chi connectivity index (χ3v) is 2.91. The molecule has 1 heterocycles. The zero-order valence-electron chi connectivity index (χ0n) is 9.07. The van der Waals surface area contributed by atoms with Gasteiger partial charge in [-0.2, -0.15) is 13.2 Å². The Kier molecular flexibility index (Phi) is 2.73. The van der Waals surface area contributed by atoms with Crippen LogP contribution in [-0.4, -0.2) is 12.1 Å². The molecule has 0 atom stereocenters. The topological polar surface area (TPSA) is 25.0 Å². The Morgan fingerprint density at radius 3 is 2.47 bits per heavy atom. The van der Waals surface area contributed by atoms with Gasteiger partial charge in [-0.15, -0.1) is 0 Å². The fraction of sp³-hybridized carbons (Fsp3) is 0.273. The first kappa shape index (κ1) is 12.1. The summed E-state index contributed by atoms with van der Waals surface area (Å²) in [6.45, 7) is 1.41. The van der Waals surface area contributed by atoms with Crippen molar-refractivity contribution in [1.29, 1.82) is 0 Å². The van der Waals surface area contributed by atoms with Crippen LogP contribution >= 0.6 is 11.6 Å². The van der Waals surface area contributed by atoms with Crippen LogP contribution in [0.4, 0.5) is 13.2 Å². The molecule has 92 valence electrons. The number of H-pyrrole nitrogens is 1. The van der Waals surface area contributed by atoms with Crippen molar-refractivity contribution < 1.29 is 17.9 Å². The third-order valence-electron chi connectivity index (χ3n) is 2.61. The van der Waals surface area contributed by atoms with E-state index in [1.165, 1.54) is 26.2 Å². The van der Waals surface area contributed by atoms with Gasteiger partial charge < -0.3 is 9.72 Å². The molecule has 1 aromatic heterocycles. The number of methoxy groups -OCH3 is 1. The van der Waals surface area contributed by atoms with Gasteiger partial charge in [0.05, 0.1) is 12.1 Å². The normalized spacial score (nSPS) is 12.1. The van der Waals surface area contributed by atoms with Crippen molar-refractivity contribution in [3.8, 4) is 5.75 Å². The average Bonchev–Trinajstić information content (AvgIpc) is 2.54. The summed E-state index contributed by atoms with van der Waals surface area (Å²) in [5.74, 6) is 0.356. The largest absolute Gasteiger partial charge is 0.495 e. The molecule has 2 rings (SSSR count). The highest BCUT2D eigenvalue weighted by atomic mass is 35.5. The quantitative estimate of drug-likeness (QED) is 0.821. The van der Waals surface area contributed by atoms with E-state index in [0.717, 1.165) is 0 Å². The SMILES string of the molecule is COc1cc2c(C)c(C(F)(F)F)[nH]c2cc1Cl. The third kappa shape index (κ3) is 1.95. The van der Waals surface area contributed by atoms with Crippen molar-refractivity contribution in [1.82, 2.24) is 4.98 Å². The molecule has 0 saturated heterocycles. The molecule has 2 aromatic rings. The van der Waals surface area contributed by atoms with Crippen LogP contribution in [-0.2, 0) is 6.18 Å². The summed E-state index contributed by atoms with van der Waals surface area (Å²) in [7, 11) is 1.42. The molecule has 0 spiro atoms. The van der Waals surface area contributed by atoms with Crippen molar-refractivity contribution in [2.75, 3.05) is 7.11 Å². The number of aromatic amines is 1. The molecule has 0 aliphatic heterocycles. The Morgan fingerprint density at radius 1 is 1.29 bits per heavy atom. The van der Waals surface area contributed by atoms with Gasteiger partial charge in [0.2, 0.25) is 0 Å². The van der Waals surface area contributed by atoms with Gasteiger partial charge in [-0.3, -0.25) is 0 Å². The first-order chi connectivity index (χ1) is 7.84. The average molecular weight is 264 g/mol. The first-order valence-corrected chi connectivity index (χ1v) is 5.15. The number of alkyl halides is 3.